The zero-order chi connectivity index (χ0) is 31.9. The minimum atomic E-state index is -4.21. The number of carbonyl (C=O) groups excluding carboxylic acids is 2. The van der Waals surface area contributed by atoms with Gasteiger partial charge in [0.05, 0.1) is 24.8 Å². The molecule has 1 aliphatic carbocycles. The van der Waals surface area contributed by atoms with Crippen molar-refractivity contribution in [2.45, 2.75) is 69.5 Å². The van der Waals surface area contributed by atoms with E-state index in [1.807, 2.05) is 31.2 Å². The fourth-order valence-corrected chi connectivity index (χ4v) is 6.95. The molecule has 1 saturated carbocycles. The maximum atomic E-state index is 14.2. The zero-order valence-corrected chi connectivity index (χ0v) is 28.0. The van der Waals surface area contributed by atoms with Crippen molar-refractivity contribution < 1.29 is 27.5 Å². The third-order valence-electron chi connectivity index (χ3n) is 7.93. The number of carbonyl (C=O) groups is 2. The lowest BCUT2D eigenvalue weighted by Gasteiger charge is -2.33. The second-order valence-corrected chi connectivity index (χ2v) is 13.8. The highest BCUT2D eigenvalue weighted by Gasteiger charge is 2.33. The molecule has 9 nitrogen and oxygen atoms in total. The summed E-state index contributed by atoms with van der Waals surface area (Å²) in [4.78, 5) is 29.2. The second-order valence-electron chi connectivity index (χ2n) is 11.0. The predicted molar refractivity (Wildman–Crippen MR) is 174 cm³/mol. The molecular formula is C33H40BrN3O6S. The first-order valence-corrected chi connectivity index (χ1v) is 16.9. The molecule has 11 heteroatoms. The summed E-state index contributed by atoms with van der Waals surface area (Å²) in [6, 6.07) is 17.8. The molecule has 0 aromatic heterocycles. The summed E-state index contributed by atoms with van der Waals surface area (Å²) in [5, 5.41) is 3.12. The molecule has 44 heavy (non-hydrogen) atoms. The van der Waals surface area contributed by atoms with Gasteiger partial charge in [-0.3, -0.25) is 13.9 Å². The van der Waals surface area contributed by atoms with Crippen LogP contribution in [0.15, 0.2) is 76.1 Å². The largest absolute Gasteiger partial charge is 0.493 e. The van der Waals surface area contributed by atoms with Crippen molar-refractivity contribution in [3.8, 4) is 11.5 Å². The molecule has 0 bridgehead atoms. The average molecular weight is 687 g/mol. The topological polar surface area (TPSA) is 105 Å². The van der Waals surface area contributed by atoms with Crippen LogP contribution in [-0.2, 0) is 26.2 Å². The van der Waals surface area contributed by atoms with E-state index in [4.69, 9.17) is 9.47 Å². The smallest absolute Gasteiger partial charge is 0.264 e. The number of methoxy groups -OCH3 is 2. The fourth-order valence-electron chi connectivity index (χ4n) is 5.28. The van der Waals surface area contributed by atoms with Gasteiger partial charge >= 0.3 is 0 Å². The van der Waals surface area contributed by atoms with Crippen LogP contribution in [0.5, 0.6) is 11.5 Å². The monoisotopic (exact) mass is 685 g/mol. The third-order valence-corrected chi connectivity index (χ3v) is 10.2. The van der Waals surface area contributed by atoms with Crippen LogP contribution in [0, 0.1) is 6.92 Å². The Kier molecular flexibility index (Phi) is 11.3. The molecule has 0 spiro atoms. The molecule has 1 N–H and O–H groups in total. The molecule has 0 unspecified atom stereocenters. The summed E-state index contributed by atoms with van der Waals surface area (Å²) < 4.78 is 41.0. The maximum absolute atomic E-state index is 14.2. The average Bonchev–Trinajstić information content (AvgIpc) is 3.03. The number of benzene rings is 3. The molecule has 0 aliphatic heterocycles. The number of sulfonamides is 1. The van der Waals surface area contributed by atoms with Gasteiger partial charge in [0, 0.05) is 23.1 Å². The van der Waals surface area contributed by atoms with Crippen LogP contribution >= 0.6 is 15.9 Å². The molecule has 0 heterocycles. The molecular weight excluding hydrogens is 646 g/mol. The molecule has 4 rings (SSSR count). The SMILES string of the molecule is COc1ccc(N(CC(=O)N(Cc2ccc(Br)cc2)[C@@H](C)C(=O)NC2CCCCC2)S(=O)(=O)c2ccc(C)cc2)cc1OC. The molecule has 3 aromatic carbocycles. The van der Waals surface area contributed by atoms with E-state index < -0.39 is 28.5 Å². The fraction of sp³-hybridized carbons (Fsp3) is 0.394. The van der Waals surface area contributed by atoms with Crippen LogP contribution in [0.4, 0.5) is 5.69 Å². The summed E-state index contributed by atoms with van der Waals surface area (Å²) in [5.74, 6) is -0.0558. The number of ether oxygens (including phenoxy) is 2. The quantitative estimate of drug-likeness (QED) is 0.257. The Morgan fingerprint density at radius 3 is 2.18 bits per heavy atom. The van der Waals surface area contributed by atoms with Crippen LogP contribution < -0.4 is 19.1 Å². The van der Waals surface area contributed by atoms with Crippen LogP contribution in [0.25, 0.3) is 0 Å². The highest BCUT2D eigenvalue weighted by molar-refractivity contribution is 9.10. The summed E-state index contributed by atoms with van der Waals surface area (Å²) in [5.41, 5.74) is 1.92. The van der Waals surface area contributed by atoms with Gasteiger partial charge in [0.1, 0.15) is 12.6 Å². The van der Waals surface area contributed by atoms with E-state index in [0.29, 0.717) is 11.5 Å². The Balaban J connectivity index is 1.72. The Morgan fingerprint density at radius 1 is 0.932 bits per heavy atom. The van der Waals surface area contributed by atoms with E-state index in [-0.39, 0.29) is 29.1 Å². The van der Waals surface area contributed by atoms with Gasteiger partial charge in [0.2, 0.25) is 11.8 Å². The number of amides is 2. The number of nitrogens with zero attached hydrogens (tertiary/aromatic N) is 2. The second kappa shape index (κ2) is 14.9. The summed E-state index contributed by atoms with van der Waals surface area (Å²) in [6.45, 7) is 3.13. The van der Waals surface area contributed by atoms with E-state index in [1.165, 1.54) is 37.3 Å². The molecule has 0 saturated heterocycles. The summed E-state index contributed by atoms with van der Waals surface area (Å²) in [6.07, 6.45) is 5.07. The van der Waals surface area contributed by atoms with Crippen LogP contribution in [-0.4, -0.2) is 58.0 Å². The van der Waals surface area contributed by atoms with Gasteiger partial charge in [-0.2, -0.15) is 0 Å². The lowest BCUT2D eigenvalue weighted by atomic mass is 9.95. The maximum Gasteiger partial charge on any atom is 0.264 e. The number of rotatable bonds is 12. The molecule has 1 aliphatic rings. The van der Waals surface area contributed by atoms with Gasteiger partial charge < -0.3 is 19.7 Å². The highest BCUT2D eigenvalue weighted by atomic mass is 79.9. The standard InChI is InChI=1S/C33H40BrN3O6S/c1-23-10-17-29(18-11-23)44(40,41)37(28-16-19-30(42-3)31(20-28)43-4)22-32(38)36(21-25-12-14-26(34)15-13-25)24(2)33(39)35-27-8-6-5-7-9-27/h10-20,24,27H,5-9,21-22H2,1-4H3,(H,35,39)/t24-/m0/s1. The Labute approximate surface area is 268 Å². The van der Waals surface area contributed by atoms with Gasteiger partial charge in [0.15, 0.2) is 11.5 Å². The van der Waals surface area contributed by atoms with E-state index in [9.17, 15) is 18.0 Å². The molecule has 1 fully saturated rings. The number of aryl methyl sites for hydroxylation is 1. The normalized spacial score (nSPS) is 14.4. The first kappa shape index (κ1) is 33.3. The molecule has 1 atom stereocenters. The van der Waals surface area contributed by atoms with Gasteiger partial charge in [0.25, 0.3) is 10.0 Å². The van der Waals surface area contributed by atoms with Crippen molar-refractivity contribution >= 4 is 43.5 Å². The minimum Gasteiger partial charge on any atom is -0.493 e. The van der Waals surface area contributed by atoms with Crippen LogP contribution in [0.1, 0.15) is 50.2 Å². The van der Waals surface area contributed by atoms with Gasteiger partial charge in [-0.05, 0) is 68.7 Å². The first-order valence-electron chi connectivity index (χ1n) is 14.7. The van der Waals surface area contributed by atoms with Crippen molar-refractivity contribution in [3.63, 3.8) is 0 Å². The molecule has 0 radical (unpaired) electrons. The van der Waals surface area contributed by atoms with Crippen LogP contribution in [0.2, 0.25) is 0 Å². The van der Waals surface area contributed by atoms with Gasteiger partial charge in [-0.15, -0.1) is 0 Å². The molecule has 236 valence electrons. The lowest BCUT2D eigenvalue weighted by molar-refractivity contribution is -0.139. The number of nitrogens with one attached hydrogen (secondary N) is 1. The van der Waals surface area contributed by atoms with Crippen molar-refractivity contribution in [1.82, 2.24) is 10.2 Å². The summed E-state index contributed by atoms with van der Waals surface area (Å²) in [7, 11) is -1.26. The molecule has 3 aromatic rings. The zero-order valence-electron chi connectivity index (χ0n) is 25.6. The summed E-state index contributed by atoms with van der Waals surface area (Å²) >= 11 is 3.44. The van der Waals surface area contributed by atoms with Crippen LogP contribution in [0.3, 0.4) is 0 Å². The van der Waals surface area contributed by atoms with E-state index in [0.717, 1.165) is 52.0 Å². The lowest BCUT2D eigenvalue weighted by Crippen LogP contribution is -2.53. The predicted octanol–water partition coefficient (Wildman–Crippen LogP) is 5.84. The van der Waals surface area contributed by atoms with E-state index in [1.54, 1.807) is 31.2 Å². The van der Waals surface area contributed by atoms with E-state index >= 15 is 0 Å². The van der Waals surface area contributed by atoms with Gasteiger partial charge in [-0.1, -0.05) is 65.0 Å². The minimum absolute atomic E-state index is 0.0354. The number of hydrogen-bond acceptors (Lipinski definition) is 6. The van der Waals surface area contributed by atoms with E-state index in [2.05, 4.69) is 21.2 Å². The first-order chi connectivity index (χ1) is 21.0. The molecule has 2 amide bonds. The highest BCUT2D eigenvalue weighted by Crippen LogP contribution is 2.34. The van der Waals surface area contributed by atoms with Gasteiger partial charge in [-0.25, -0.2) is 8.42 Å². The number of hydrogen-bond donors (Lipinski definition) is 1. The van der Waals surface area contributed by atoms with Crippen molar-refractivity contribution in [3.05, 3.63) is 82.3 Å². The Morgan fingerprint density at radius 2 is 1.57 bits per heavy atom. The Bertz CT molecular complexity index is 1540. The van der Waals surface area contributed by atoms with Crippen molar-refractivity contribution in [2.24, 2.45) is 0 Å². The Hall–Kier alpha value is -3.57. The third kappa shape index (κ3) is 8.12. The number of anilines is 1. The van der Waals surface area contributed by atoms with Crippen molar-refractivity contribution in [1.29, 1.82) is 0 Å². The van der Waals surface area contributed by atoms with Crippen molar-refractivity contribution in [2.75, 3.05) is 25.1 Å². The number of halogens is 1.